The maximum Gasteiger partial charge on any atom is 0.0679 e. The minimum atomic E-state index is 0.439. The molecule has 0 radical (unpaired) electrons. The topological polar surface area (TPSA) is 39.3 Å². The van der Waals surface area contributed by atoms with Crippen LogP contribution in [0.2, 0.25) is 0 Å². The van der Waals surface area contributed by atoms with Gasteiger partial charge in [-0.25, -0.2) is 0 Å². The lowest BCUT2D eigenvalue weighted by atomic mass is 10.1. The molecule has 0 bridgehead atoms. The Bertz CT molecular complexity index is 402. The molecule has 0 amide bonds. The van der Waals surface area contributed by atoms with E-state index in [1.807, 2.05) is 7.05 Å². The molecule has 1 saturated heterocycles. The molecule has 1 unspecified atom stereocenters. The van der Waals surface area contributed by atoms with Crippen LogP contribution >= 0.6 is 0 Å². The molecule has 1 heterocycles. The highest BCUT2D eigenvalue weighted by Gasteiger charge is 2.26. The Kier molecular flexibility index (Phi) is 10.3. The standard InChI is InChI=1S/C20H38N4/c1-6-18(3)24-16-10-12-20(24)19(4)23-13-9-7-8-11-17(2)22-15-14-21-5/h20-23H,2-4,6-16H2,1,5H3. The molecule has 0 spiro atoms. The van der Waals surface area contributed by atoms with Crippen LogP contribution in [0, 0.1) is 0 Å². The van der Waals surface area contributed by atoms with Gasteiger partial charge in [-0.1, -0.05) is 33.1 Å². The molecule has 1 fully saturated rings. The highest BCUT2D eigenvalue weighted by atomic mass is 15.2. The third-order valence-corrected chi connectivity index (χ3v) is 4.73. The van der Waals surface area contributed by atoms with Crippen LogP contribution in [0.4, 0.5) is 0 Å². The van der Waals surface area contributed by atoms with Crippen LogP contribution in [-0.2, 0) is 0 Å². The molecule has 4 heteroatoms. The fraction of sp³-hybridized carbons (Fsp3) is 0.700. The third-order valence-electron chi connectivity index (χ3n) is 4.73. The molecular formula is C20H38N4. The molecule has 138 valence electrons. The van der Waals surface area contributed by atoms with Gasteiger partial charge >= 0.3 is 0 Å². The average molecular weight is 335 g/mol. The fourth-order valence-electron chi connectivity index (χ4n) is 3.17. The second kappa shape index (κ2) is 12.0. The molecule has 1 aliphatic heterocycles. The van der Waals surface area contributed by atoms with E-state index in [0.29, 0.717) is 6.04 Å². The first-order valence-corrected chi connectivity index (χ1v) is 9.53. The van der Waals surface area contributed by atoms with Crippen molar-refractivity contribution in [3.8, 4) is 0 Å². The molecule has 1 rings (SSSR count). The van der Waals surface area contributed by atoms with Crippen molar-refractivity contribution in [2.75, 3.05) is 33.2 Å². The van der Waals surface area contributed by atoms with Crippen molar-refractivity contribution in [2.24, 2.45) is 0 Å². The van der Waals surface area contributed by atoms with Gasteiger partial charge in [-0.05, 0) is 45.6 Å². The molecule has 3 N–H and O–H groups in total. The van der Waals surface area contributed by atoms with Crippen molar-refractivity contribution in [3.05, 3.63) is 36.8 Å². The Balaban J connectivity index is 2.09. The summed E-state index contributed by atoms with van der Waals surface area (Å²) in [6, 6.07) is 0.439. The summed E-state index contributed by atoms with van der Waals surface area (Å²) >= 11 is 0. The number of nitrogens with one attached hydrogen (secondary N) is 3. The summed E-state index contributed by atoms with van der Waals surface area (Å²) in [4.78, 5) is 2.43. The van der Waals surface area contributed by atoms with Gasteiger partial charge in [0.25, 0.3) is 0 Å². The first-order valence-electron chi connectivity index (χ1n) is 9.53. The first-order chi connectivity index (χ1) is 11.6. The average Bonchev–Trinajstić information content (AvgIpc) is 3.07. The number of likely N-dealkylation sites (tertiary alicyclic amines) is 1. The Morgan fingerprint density at radius 1 is 1.04 bits per heavy atom. The predicted octanol–water partition coefficient (Wildman–Crippen LogP) is 3.36. The number of unbranched alkanes of at least 4 members (excludes halogenated alkanes) is 2. The zero-order valence-corrected chi connectivity index (χ0v) is 15.9. The van der Waals surface area contributed by atoms with Crippen molar-refractivity contribution in [3.63, 3.8) is 0 Å². The van der Waals surface area contributed by atoms with Crippen LogP contribution in [0.1, 0.15) is 51.9 Å². The van der Waals surface area contributed by atoms with Gasteiger partial charge in [0, 0.05) is 43.3 Å². The zero-order chi connectivity index (χ0) is 17.8. The Hall–Kier alpha value is -1.42. The van der Waals surface area contributed by atoms with Gasteiger partial charge in [-0.15, -0.1) is 0 Å². The molecule has 0 aromatic carbocycles. The first kappa shape index (κ1) is 20.6. The molecule has 24 heavy (non-hydrogen) atoms. The molecular weight excluding hydrogens is 296 g/mol. The number of nitrogens with zero attached hydrogens (tertiary/aromatic N) is 1. The van der Waals surface area contributed by atoms with E-state index in [1.54, 1.807) is 0 Å². The van der Waals surface area contributed by atoms with E-state index in [9.17, 15) is 0 Å². The maximum absolute atomic E-state index is 4.27. The Morgan fingerprint density at radius 2 is 1.83 bits per heavy atom. The van der Waals surface area contributed by atoms with Crippen molar-refractivity contribution in [2.45, 2.75) is 57.9 Å². The lowest BCUT2D eigenvalue weighted by Gasteiger charge is -2.30. The van der Waals surface area contributed by atoms with Gasteiger partial charge in [-0.2, -0.15) is 0 Å². The molecule has 0 saturated carbocycles. The van der Waals surface area contributed by atoms with E-state index < -0.39 is 0 Å². The lowest BCUT2D eigenvalue weighted by Crippen LogP contribution is -2.35. The summed E-state index contributed by atoms with van der Waals surface area (Å²) in [6.45, 7) is 18.8. The van der Waals surface area contributed by atoms with Crippen LogP contribution in [0.15, 0.2) is 36.8 Å². The third kappa shape index (κ3) is 7.43. The van der Waals surface area contributed by atoms with Gasteiger partial charge in [-0.3, -0.25) is 0 Å². The van der Waals surface area contributed by atoms with Gasteiger partial charge in [0.1, 0.15) is 0 Å². The Morgan fingerprint density at radius 3 is 2.54 bits per heavy atom. The van der Waals surface area contributed by atoms with E-state index in [0.717, 1.165) is 44.7 Å². The highest BCUT2D eigenvalue weighted by Crippen LogP contribution is 2.26. The number of hydrogen-bond acceptors (Lipinski definition) is 4. The fourth-order valence-corrected chi connectivity index (χ4v) is 3.17. The van der Waals surface area contributed by atoms with Gasteiger partial charge < -0.3 is 20.9 Å². The van der Waals surface area contributed by atoms with Crippen LogP contribution in [0.3, 0.4) is 0 Å². The van der Waals surface area contributed by atoms with Crippen molar-refractivity contribution in [1.29, 1.82) is 0 Å². The van der Waals surface area contributed by atoms with E-state index in [1.165, 1.54) is 43.5 Å². The SMILES string of the molecule is C=C(CCCCCNC(=C)C1CCCN1C(=C)CC)NCCNC. The second-order valence-electron chi connectivity index (χ2n) is 6.67. The molecule has 4 nitrogen and oxygen atoms in total. The van der Waals surface area contributed by atoms with Gasteiger partial charge in [0.2, 0.25) is 0 Å². The monoisotopic (exact) mass is 334 g/mol. The number of rotatable bonds is 14. The zero-order valence-electron chi connectivity index (χ0n) is 15.9. The smallest absolute Gasteiger partial charge is 0.0679 e. The minimum absolute atomic E-state index is 0.439. The summed E-state index contributed by atoms with van der Waals surface area (Å²) in [5, 5.41) is 10.0. The van der Waals surface area contributed by atoms with E-state index in [4.69, 9.17) is 0 Å². The normalized spacial score (nSPS) is 16.9. The summed E-state index contributed by atoms with van der Waals surface area (Å²) in [7, 11) is 1.97. The van der Waals surface area contributed by atoms with Crippen LogP contribution < -0.4 is 16.0 Å². The molecule has 1 aliphatic rings. The molecule has 0 aromatic rings. The Labute approximate surface area is 149 Å². The largest absolute Gasteiger partial charge is 0.388 e. The second-order valence-corrected chi connectivity index (χ2v) is 6.67. The van der Waals surface area contributed by atoms with Gasteiger partial charge in [0.05, 0.1) is 6.04 Å². The number of allylic oxidation sites excluding steroid dienone is 2. The minimum Gasteiger partial charge on any atom is -0.388 e. The lowest BCUT2D eigenvalue weighted by molar-refractivity contribution is 0.335. The summed E-state index contributed by atoms with van der Waals surface area (Å²) in [5.74, 6) is 0. The molecule has 1 atom stereocenters. The summed E-state index contributed by atoms with van der Waals surface area (Å²) in [6.07, 6.45) is 8.14. The van der Waals surface area contributed by atoms with Crippen LogP contribution in [-0.4, -0.2) is 44.2 Å². The van der Waals surface area contributed by atoms with Crippen molar-refractivity contribution in [1.82, 2.24) is 20.9 Å². The summed E-state index contributed by atoms with van der Waals surface area (Å²) in [5.41, 5.74) is 3.56. The maximum atomic E-state index is 4.27. The molecule has 0 aliphatic carbocycles. The number of hydrogen-bond donors (Lipinski definition) is 3. The van der Waals surface area contributed by atoms with Crippen LogP contribution in [0.25, 0.3) is 0 Å². The van der Waals surface area contributed by atoms with E-state index in [2.05, 4.69) is 47.5 Å². The number of likely N-dealkylation sites (N-methyl/N-ethyl adjacent to an activating group) is 1. The van der Waals surface area contributed by atoms with Gasteiger partial charge in [0.15, 0.2) is 0 Å². The molecule has 0 aromatic heterocycles. The summed E-state index contributed by atoms with van der Waals surface area (Å²) < 4.78 is 0. The van der Waals surface area contributed by atoms with Crippen molar-refractivity contribution < 1.29 is 0 Å². The quantitative estimate of drug-likeness (QED) is 0.426. The predicted molar refractivity (Wildman–Crippen MR) is 106 cm³/mol. The van der Waals surface area contributed by atoms with Crippen molar-refractivity contribution >= 4 is 0 Å². The highest BCUT2D eigenvalue weighted by molar-refractivity contribution is 5.12. The van der Waals surface area contributed by atoms with E-state index in [-0.39, 0.29) is 0 Å². The van der Waals surface area contributed by atoms with E-state index >= 15 is 0 Å². The van der Waals surface area contributed by atoms with Crippen LogP contribution in [0.5, 0.6) is 0 Å².